The van der Waals surface area contributed by atoms with Crippen molar-refractivity contribution in [1.82, 2.24) is 15.0 Å². The van der Waals surface area contributed by atoms with Crippen molar-refractivity contribution in [3.05, 3.63) is 45.5 Å². The molecule has 0 bridgehead atoms. The summed E-state index contributed by atoms with van der Waals surface area (Å²) in [7, 11) is 0. The molecular formula is C21H20N4O5S2. The molecule has 4 rings (SSSR count). The highest BCUT2D eigenvalue weighted by atomic mass is 32.1. The van der Waals surface area contributed by atoms with Crippen LogP contribution in [0.25, 0.3) is 10.8 Å². The van der Waals surface area contributed by atoms with E-state index in [2.05, 4.69) is 20.3 Å². The molecule has 0 aliphatic heterocycles. The first kappa shape index (κ1) is 22.0. The van der Waals surface area contributed by atoms with Gasteiger partial charge in [-0.2, -0.15) is 0 Å². The first-order valence-electron chi connectivity index (χ1n) is 9.98. The molecule has 0 atom stereocenters. The molecule has 1 amide bonds. The Hall–Kier alpha value is -3.18. The molecule has 1 aliphatic rings. The summed E-state index contributed by atoms with van der Waals surface area (Å²) in [6.45, 7) is 3.16. The molecule has 32 heavy (non-hydrogen) atoms. The minimum Gasteiger partial charge on any atom is -0.462 e. The number of aryl methyl sites for hydroxylation is 1. The molecule has 11 heteroatoms. The van der Waals surface area contributed by atoms with Gasteiger partial charge in [0.1, 0.15) is 9.88 Å². The lowest BCUT2D eigenvalue weighted by Crippen LogP contribution is -2.21. The lowest BCUT2D eigenvalue weighted by atomic mass is 10.1. The van der Waals surface area contributed by atoms with Crippen molar-refractivity contribution in [2.75, 3.05) is 18.5 Å². The zero-order valence-corrected chi connectivity index (χ0v) is 19.0. The molecule has 0 saturated heterocycles. The number of carbonyl (C=O) groups is 3. The molecule has 0 aromatic carbocycles. The third-order valence-corrected chi connectivity index (χ3v) is 6.69. The summed E-state index contributed by atoms with van der Waals surface area (Å²) in [5.74, 6) is -0.923. The Morgan fingerprint density at radius 1 is 1.16 bits per heavy atom. The number of rotatable bonds is 8. The maximum Gasteiger partial charge on any atom is 0.350 e. The number of carbonyl (C=O) groups excluding carboxylic acids is 3. The summed E-state index contributed by atoms with van der Waals surface area (Å²) in [6.07, 6.45) is 5.20. The topological polar surface area (TPSA) is 120 Å². The molecule has 9 nitrogen and oxygen atoms in total. The van der Waals surface area contributed by atoms with Crippen molar-refractivity contribution in [2.45, 2.75) is 32.6 Å². The zero-order valence-electron chi connectivity index (χ0n) is 17.4. The van der Waals surface area contributed by atoms with Crippen molar-refractivity contribution < 1.29 is 23.9 Å². The number of amides is 1. The Morgan fingerprint density at radius 3 is 2.59 bits per heavy atom. The van der Waals surface area contributed by atoms with Gasteiger partial charge in [-0.1, -0.05) is 0 Å². The molecule has 166 valence electrons. The van der Waals surface area contributed by atoms with Crippen molar-refractivity contribution >= 4 is 45.5 Å². The van der Waals surface area contributed by atoms with Crippen LogP contribution in [0.5, 0.6) is 0 Å². The van der Waals surface area contributed by atoms with E-state index in [1.165, 1.54) is 11.3 Å². The summed E-state index contributed by atoms with van der Waals surface area (Å²) >= 11 is 2.37. The number of hydrogen-bond acceptors (Lipinski definition) is 10. The molecule has 3 aromatic rings. The fourth-order valence-corrected chi connectivity index (χ4v) is 4.98. The summed E-state index contributed by atoms with van der Waals surface area (Å²) in [5.41, 5.74) is 1.77. The van der Waals surface area contributed by atoms with E-state index in [0.717, 1.165) is 29.7 Å². The molecule has 1 saturated carbocycles. The number of anilines is 1. The number of esters is 2. The molecule has 1 N–H and O–H groups in total. The van der Waals surface area contributed by atoms with Gasteiger partial charge in [-0.3, -0.25) is 4.79 Å². The van der Waals surface area contributed by atoms with Crippen LogP contribution in [-0.4, -0.2) is 46.0 Å². The van der Waals surface area contributed by atoms with Crippen LogP contribution in [0.1, 0.15) is 57.0 Å². The van der Waals surface area contributed by atoms with Gasteiger partial charge in [0.25, 0.3) is 5.91 Å². The summed E-state index contributed by atoms with van der Waals surface area (Å²) < 4.78 is 10.3. The van der Waals surface area contributed by atoms with Crippen LogP contribution < -0.4 is 5.32 Å². The van der Waals surface area contributed by atoms with E-state index in [1.807, 2.05) is 5.38 Å². The zero-order chi connectivity index (χ0) is 22.7. The standard InChI is InChI=1S/C21H20N4O5S2/c1-3-29-20(27)15-13(12-5-6-12)10-31-18(15)25-14(26)9-30-21(28)16-11(2)24-19(32-16)17-22-7-4-8-23-17/h4,7-8,10,12H,3,5-6,9H2,1-2H3,(H,25,26). The second-order valence-electron chi connectivity index (χ2n) is 7.02. The molecule has 0 radical (unpaired) electrons. The van der Waals surface area contributed by atoms with Gasteiger partial charge in [0.2, 0.25) is 0 Å². The van der Waals surface area contributed by atoms with Crippen molar-refractivity contribution in [1.29, 1.82) is 0 Å². The van der Waals surface area contributed by atoms with Gasteiger partial charge < -0.3 is 14.8 Å². The Balaban J connectivity index is 1.40. The fourth-order valence-electron chi connectivity index (χ4n) is 3.02. The van der Waals surface area contributed by atoms with E-state index in [4.69, 9.17) is 9.47 Å². The lowest BCUT2D eigenvalue weighted by molar-refractivity contribution is -0.119. The number of hydrogen-bond donors (Lipinski definition) is 1. The predicted molar refractivity (Wildman–Crippen MR) is 119 cm³/mol. The number of thiazole rings is 1. The van der Waals surface area contributed by atoms with Crippen LogP contribution in [0.4, 0.5) is 5.00 Å². The number of thiophene rings is 1. The fraction of sp³-hybridized carbons (Fsp3) is 0.333. The van der Waals surface area contributed by atoms with Gasteiger partial charge in [0.15, 0.2) is 17.4 Å². The third kappa shape index (κ3) is 4.83. The molecule has 3 heterocycles. The average Bonchev–Trinajstić information content (AvgIpc) is 3.43. The minimum absolute atomic E-state index is 0.244. The van der Waals surface area contributed by atoms with Crippen molar-refractivity contribution in [3.8, 4) is 10.8 Å². The Morgan fingerprint density at radius 2 is 1.91 bits per heavy atom. The van der Waals surface area contributed by atoms with Crippen LogP contribution in [0.3, 0.4) is 0 Å². The maximum absolute atomic E-state index is 12.5. The molecule has 0 unspecified atom stereocenters. The van der Waals surface area contributed by atoms with Crippen LogP contribution in [0.2, 0.25) is 0 Å². The van der Waals surface area contributed by atoms with Crippen LogP contribution in [0, 0.1) is 6.92 Å². The Kier molecular flexibility index (Phi) is 6.56. The van der Waals surface area contributed by atoms with Crippen molar-refractivity contribution in [2.24, 2.45) is 0 Å². The van der Waals surface area contributed by atoms with Gasteiger partial charge in [0, 0.05) is 12.4 Å². The van der Waals surface area contributed by atoms with E-state index < -0.39 is 24.5 Å². The molecule has 1 aliphatic carbocycles. The van der Waals surface area contributed by atoms with Gasteiger partial charge in [-0.25, -0.2) is 24.5 Å². The quantitative estimate of drug-likeness (QED) is 0.491. The van der Waals surface area contributed by atoms with Crippen molar-refractivity contribution in [3.63, 3.8) is 0 Å². The first-order chi connectivity index (χ1) is 15.5. The van der Waals surface area contributed by atoms with E-state index in [0.29, 0.717) is 33.0 Å². The van der Waals surface area contributed by atoms with Crippen LogP contribution >= 0.6 is 22.7 Å². The van der Waals surface area contributed by atoms with Gasteiger partial charge >= 0.3 is 11.9 Å². The molecule has 1 fully saturated rings. The monoisotopic (exact) mass is 472 g/mol. The van der Waals surface area contributed by atoms with Gasteiger partial charge in [-0.05, 0) is 49.6 Å². The lowest BCUT2D eigenvalue weighted by Gasteiger charge is -2.08. The second kappa shape index (κ2) is 9.53. The first-order valence-corrected chi connectivity index (χ1v) is 11.7. The summed E-state index contributed by atoms with van der Waals surface area (Å²) in [4.78, 5) is 50.1. The minimum atomic E-state index is -0.659. The average molecular weight is 473 g/mol. The van der Waals surface area contributed by atoms with Crippen LogP contribution in [-0.2, 0) is 14.3 Å². The SMILES string of the molecule is CCOC(=O)c1c(C2CC2)csc1NC(=O)COC(=O)c1sc(-c2ncccn2)nc1C. The smallest absolute Gasteiger partial charge is 0.350 e. The summed E-state index contributed by atoms with van der Waals surface area (Å²) in [5, 5.41) is 5.45. The highest BCUT2D eigenvalue weighted by molar-refractivity contribution is 7.17. The highest BCUT2D eigenvalue weighted by Crippen LogP contribution is 2.46. The largest absolute Gasteiger partial charge is 0.462 e. The van der Waals surface area contributed by atoms with E-state index in [-0.39, 0.29) is 11.5 Å². The highest BCUT2D eigenvalue weighted by Gasteiger charge is 2.32. The van der Waals surface area contributed by atoms with E-state index in [9.17, 15) is 14.4 Å². The number of nitrogens with zero attached hydrogens (tertiary/aromatic N) is 3. The molecule has 3 aromatic heterocycles. The van der Waals surface area contributed by atoms with E-state index in [1.54, 1.807) is 32.3 Å². The van der Waals surface area contributed by atoms with Gasteiger partial charge in [-0.15, -0.1) is 22.7 Å². The maximum atomic E-state index is 12.5. The van der Waals surface area contributed by atoms with Gasteiger partial charge in [0.05, 0.1) is 17.9 Å². The third-order valence-electron chi connectivity index (χ3n) is 4.64. The molecule has 0 spiro atoms. The number of ether oxygens (including phenoxy) is 2. The Bertz CT molecular complexity index is 1150. The normalized spacial score (nSPS) is 12.9. The van der Waals surface area contributed by atoms with E-state index >= 15 is 0 Å². The predicted octanol–water partition coefficient (Wildman–Crippen LogP) is 3.82. The number of aromatic nitrogens is 3. The molecular weight excluding hydrogens is 452 g/mol. The second-order valence-corrected chi connectivity index (χ2v) is 8.90. The number of nitrogens with one attached hydrogen (secondary N) is 1. The Labute approximate surface area is 191 Å². The van der Waals surface area contributed by atoms with Crippen LogP contribution in [0.15, 0.2) is 23.8 Å². The summed E-state index contributed by atoms with van der Waals surface area (Å²) in [6, 6.07) is 1.69.